The maximum atomic E-state index is 12.6. The summed E-state index contributed by atoms with van der Waals surface area (Å²) in [6.07, 6.45) is 0. The van der Waals surface area contributed by atoms with Gasteiger partial charge in [0.2, 0.25) is 0 Å². The number of rotatable bonds is 3. The highest BCUT2D eigenvalue weighted by Gasteiger charge is 2.17. The fourth-order valence-electron chi connectivity index (χ4n) is 2.83. The van der Waals surface area contributed by atoms with Gasteiger partial charge < -0.3 is 5.73 Å². The molecular weight excluding hydrogens is 358 g/mol. The first-order valence-corrected chi connectivity index (χ1v) is 8.65. The van der Waals surface area contributed by atoms with Crippen molar-refractivity contribution >= 4 is 39.5 Å². The molecule has 4 rings (SSSR count). The van der Waals surface area contributed by atoms with Crippen LogP contribution in [0.2, 0.25) is 0 Å². The molecule has 6 nitrogen and oxygen atoms in total. The smallest absolute Gasteiger partial charge is 0.301 e. The molecule has 7 heteroatoms. The molecule has 0 saturated heterocycles. The topological polar surface area (TPSA) is 88.5 Å². The molecule has 1 heterocycles. The molecule has 0 amide bonds. The van der Waals surface area contributed by atoms with Crippen LogP contribution < -0.4 is 11.3 Å². The fourth-order valence-corrected chi connectivity index (χ4v) is 2.96. The molecule has 132 valence electrons. The Morgan fingerprint density at radius 3 is 2.37 bits per heavy atom. The number of nitrogens with one attached hydrogen (secondary N) is 1. The van der Waals surface area contributed by atoms with Gasteiger partial charge in [-0.05, 0) is 35.1 Å². The van der Waals surface area contributed by atoms with Crippen molar-refractivity contribution in [1.82, 2.24) is 9.78 Å². The van der Waals surface area contributed by atoms with E-state index in [-0.39, 0.29) is 10.8 Å². The number of thiocarbonyl (C=S) groups is 1. The van der Waals surface area contributed by atoms with E-state index in [1.54, 1.807) is 0 Å². The molecule has 0 fully saturated rings. The van der Waals surface area contributed by atoms with Crippen LogP contribution in [0.25, 0.3) is 22.0 Å². The lowest BCUT2D eigenvalue weighted by Crippen LogP contribution is -2.29. The molecule has 0 aliphatic rings. The number of hydrogen-bond donors (Lipinski definition) is 2. The first-order valence-electron chi connectivity index (χ1n) is 8.24. The highest BCUT2D eigenvalue weighted by atomic mass is 32.1. The summed E-state index contributed by atoms with van der Waals surface area (Å²) in [5.41, 5.74) is 7.30. The van der Waals surface area contributed by atoms with E-state index in [1.807, 2.05) is 72.8 Å². The summed E-state index contributed by atoms with van der Waals surface area (Å²) < 4.78 is 1.09. The largest absolute Gasteiger partial charge is 0.374 e. The van der Waals surface area contributed by atoms with Gasteiger partial charge in [0.25, 0.3) is 0 Å². The van der Waals surface area contributed by atoms with Gasteiger partial charge in [0.15, 0.2) is 10.8 Å². The summed E-state index contributed by atoms with van der Waals surface area (Å²) in [6.45, 7) is 0. The average Bonchev–Trinajstić information content (AvgIpc) is 3.03. The molecule has 4 aromatic rings. The van der Waals surface area contributed by atoms with Crippen molar-refractivity contribution < 1.29 is 0 Å². The van der Waals surface area contributed by atoms with E-state index in [4.69, 9.17) is 18.0 Å². The second-order valence-electron chi connectivity index (χ2n) is 5.91. The van der Waals surface area contributed by atoms with Gasteiger partial charge in [0.05, 0.1) is 11.4 Å². The number of fused-ring (bicyclic) bond motifs is 1. The molecule has 3 aromatic carbocycles. The lowest BCUT2D eigenvalue weighted by molar-refractivity contribution is 0.910. The Hall–Kier alpha value is -3.58. The molecule has 3 N–H and O–H groups in total. The maximum absolute atomic E-state index is 12.6. The molecule has 1 aromatic heterocycles. The molecule has 0 aliphatic heterocycles. The van der Waals surface area contributed by atoms with E-state index in [1.165, 1.54) is 0 Å². The normalized spacial score (nSPS) is 11.3. The number of hydrogen-bond acceptors (Lipinski definition) is 4. The lowest BCUT2D eigenvalue weighted by atomic mass is 10.1. The maximum Gasteiger partial charge on any atom is 0.301 e. The quantitative estimate of drug-likeness (QED) is 0.409. The van der Waals surface area contributed by atoms with Gasteiger partial charge >= 0.3 is 5.56 Å². The van der Waals surface area contributed by atoms with Crippen LogP contribution in [-0.2, 0) is 0 Å². The predicted octanol–water partition coefficient (Wildman–Crippen LogP) is 4.50. The predicted molar refractivity (Wildman–Crippen MR) is 111 cm³/mol. The molecule has 0 aliphatic carbocycles. The van der Waals surface area contributed by atoms with Crippen molar-refractivity contribution in [2.24, 2.45) is 16.0 Å². The van der Waals surface area contributed by atoms with Crippen molar-refractivity contribution in [2.75, 3.05) is 0 Å². The minimum absolute atomic E-state index is 0.0793. The number of azo groups is 1. The summed E-state index contributed by atoms with van der Waals surface area (Å²) in [5.74, 6) is 0. The van der Waals surface area contributed by atoms with Gasteiger partial charge in [-0.1, -0.05) is 60.7 Å². The molecule has 0 saturated carbocycles. The van der Waals surface area contributed by atoms with Crippen molar-refractivity contribution in [1.29, 1.82) is 0 Å². The SMILES string of the molecule is NC(=S)n1[nH]c(-c2ccccc2)c(N=Nc2ccc3ccccc3c2)c1=O. The van der Waals surface area contributed by atoms with Gasteiger partial charge in [-0.25, -0.2) is 0 Å². The van der Waals surface area contributed by atoms with Crippen LogP contribution >= 0.6 is 12.2 Å². The molecule has 0 unspecified atom stereocenters. The number of aromatic amines is 1. The first-order chi connectivity index (χ1) is 13.1. The van der Waals surface area contributed by atoms with Crippen LogP contribution in [0, 0.1) is 0 Å². The van der Waals surface area contributed by atoms with Crippen LogP contribution in [0.3, 0.4) is 0 Å². The van der Waals surface area contributed by atoms with Crippen molar-refractivity contribution in [2.45, 2.75) is 0 Å². The highest BCUT2D eigenvalue weighted by molar-refractivity contribution is 7.80. The molecule has 0 atom stereocenters. The van der Waals surface area contributed by atoms with Crippen LogP contribution in [0.4, 0.5) is 11.4 Å². The van der Waals surface area contributed by atoms with E-state index in [2.05, 4.69) is 15.3 Å². The van der Waals surface area contributed by atoms with Crippen molar-refractivity contribution in [3.8, 4) is 11.3 Å². The Bertz CT molecular complexity index is 1220. The minimum Gasteiger partial charge on any atom is -0.374 e. The Kier molecular flexibility index (Phi) is 4.35. The van der Waals surface area contributed by atoms with Gasteiger partial charge in [-0.3, -0.25) is 9.89 Å². The van der Waals surface area contributed by atoms with Gasteiger partial charge in [0.1, 0.15) is 0 Å². The van der Waals surface area contributed by atoms with E-state index in [0.717, 1.165) is 21.0 Å². The second kappa shape index (κ2) is 6.97. The number of nitrogens with two attached hydrogens (primary N) is 1. The van der Waals surface area contributed by atoms with E-state index < -0.39 is 5.56 Å². The van der Waals surface area contributed by atoms with Crippen LogP contribution in [0.5, 0.6) is 0 Å². The Morgan fingerprint density at radius 2 is 1.63 bits per heavy atom. The molecular formula is C20H15N5OS. The third kappa shape index (κ3) is 3.28. The minimum atomic E-state index is -0.439. The van der Waals surface area contributed by atoms with Gasteiger partial charge in [-0.2, -0.15) is 9.80 Å². The molecule has 0 bridgehead atoms. The molecule has 0 spiro atoms. The Balaban J connectivity index is 1.81. The third-order valence-corrected chi connectivity index (χ3v) is 4.33. The second-order valence-corrected chi connectivity index (χ2v) is 6.33. The van der Waals surface area contributed by atoms with Gasteiger partial charge in [0, 0.05) is 5.56 Å². The molecule has 0 radical (unpaired) electrons. The summed E-state index contributed by atoms with van der Waals surface area (Å²) in [7, 11) is 0. The van der Waals surface area contributed by atoms with Crippen molar-refractivity contribution in [3.63, 3.8) is 0 Å². The van der Waals surface area contributed by atoms with E-state index in [9.17, 15) is 4.79 Å². The summed E-state index contributed by atoms with van der Waals surface area (Å²) in [5, 5.41) is 13.5. The zero-order valence-electron chi connectivity index (χ0n) is 14.2. The Morgan fingerprint density at radius 1 is 0.926 bits per heavy atom. The number of benzene rings is 3. The summed E-state index contributed by atoms with van der Waals surface area (Å²) in [6, 6.07) is 23.1. The lowest BCUT2D eigenvalue weighted by Gasteiger charge is -1.99. The van der Waals surface area contributed by atoms with Crippen LogP contribution in [0.15, 0.2) is 87.8 Å². The fraction of sp³-hybridized carbons (Fsp3) is 0. The third-order valence-electron chi connectivity index (χ3n) is 4.15. The number of nitrogens with zero attached hydrogens (tertiary/aromatic N) is 3. The zero-order valence-corrected chi connectivity index (χ0v) is 15.0. The average molecular weight is 373 g/mol. The van der Waals surface area contributed by atoms with Crippen molar-refractivity contribution in [3.05, 3.63) is 83.2 Å². The van der Waals surface area contributed by atoms with Gasteiger partial charge in [-0.15, -0.1) is 5.11 Å². The zero-order chi connectivity index (χ0) is 18.8. The summed E-state index contributed by atoms with van der Waals surface area (Å²) >= 11 is 4.94. The number of aromatic nitrogens is 2. The van der Waals surface area contributed by atoms with Crippen LogP contribution in [-0.4, -0.2) is 14.9 Å². The number of H-pyrrole nitrogens is 1. The van der Waals surface area contributed by atoms with E-state index >= 15 is 0 Å². The highest BCUT2D eigenvalue weighted by Crippen LogP contribution is 2.28. The Labute approximate surface area is 160 Å². The van der Waals surface area contributed by atoms with Crippen LogP contribution in [0.1, 0.15) is 0 Å². The molecule has 27 heavy (non-hydrogen) atoms. The van der Waals surface area contributed by atoms with E-state index in [0.29, 0.717) is 11.4 Å². The monoisotopic (exact) mass is 373 g/mol. The standard InChI is InChI=1S/C20H15N5OS/c21-20(27)25-19(26)18(17(24-25)14-7-2-1-3-8-14)23-22-16-11-10-13-6-4-5-9-15(13)12-16/h1-12,24H,(H2,21,27). The summed E-state index contributed by atoms with van der Waals surface area (Å²) in [4.78, 5) is 12.6. The first kappa shape index (κ1) is 16.9.